The fourth-order valence-electron chi connectivity index (χ4n) is 7.13. The molecule has 2 aliphatic heterocycles. The highest BCUT2D eigenvalue weighted by molar-refractivity contribution is 5.76. The standard InChI is InChI=1S/C44H54N4O5/c1-33(50)45-22-7-3-6-13-43(51)46-29-36-11-8-12-40(27-36)37-18-20-39(21-19-37)44-52-41(28-42(53-44)38-16-14-35(32-49)15-17-38)31-48-25-23-47(24-26-48)30-34-9-4-2-5-10-34/h2,4-5,8-12,14-21,27,41-42,44,49H,3,6-7,13,22-26,28-32H2,1H3,(H,45,50)(H,46,51)/t41-,42+,44+/m0/s1. The van der Waals surface area contributed by atoms with Crippen LogP contribution in [0.25, 0.3) is 11.1 Å². The monoisotopic (exact) mass is 718 g/mol. The molecule has 53 heavy (non-hydrogen) atoms. The van der Waals surface area contributed by atoms with Crippen molar-refractivity contribution in [3.63, 3.8) is 0 Å². The van der Waals surface area contributed by atoms with E-state index in [1.54, 1.807) is 0 Å². The molecule has 2 aliphatic rings. The molecule has 3 atom stereocenters. The topological polar surface area (TPSA) is 103 Å². The minimum Gasteiger partial charge on any atom is -0.392 e. The Labute approximate surface area is 314 Å². The first-order chi connectivity index (χ1) is 25.9. The van der Waals surface area contributed by atoms with Crippen molar-refractivity contribution in [1.29, 1.82) is 0 Å². The summed E-state index contributed by atoms with van der Waals surface area (Å²) in [6, 6.07) is 35.4. The van der Waals surface area contributed by atoms with Gasteiger partial charge in [0, 0.05) is 77.7 Å². The van der Waals surface area contributed by atoms with Crippen LogP contribution in [0.4, 0.5) is 0 Å². The van der Waals surface area contributed by atoms with Crippen molar-refractivity contribution in [1.82, 2.24) is 20.4 Å². The van der Waals surface area contributed by atoms with Crippen LogP contribution in [0.5, 0.6) is 0 Å². The summed E-state index contributed by atoms with van der Waals surface area (Å²) < 4.78 is 13.3. The van der Waals surface area contributed by atoms with Gasteiger partial charge >= 0.3 is 0 Å². The lowest BCUT2D eigenvalue weighted by Gasteiger charge is -2.40. The Kier molecular flexibility index (Phi) is 14.2. The number of aliphatic hydroxyl groups excluding tert-OH is 1. The number of aliphatic hydroxyl groups is 1. The van der Waals surface area contributed by atoms with Gasteiger partial charge < -0.3 is 25.2 Å². The number of carbonyl (C=O) groups excluding carboxylic acids is 2. The van der Waals surface area contributed by atoms with Crippen LogP contribution < -0.4 is 10.6 Å². The Morgan fingerprint density at radius 3 is 2.17 bits per heavy atom. The molecule has 0 aliphatic carbocycles. The number of amides is 2. The van der Waals surface area contributed by atoms with Crippen LogP contribution in [0.1, 0.15) is 79.2 Å². The lowest BCUT2D eigenvalue weighted by atomic mass is 9.98. The lowest BCUT2D eigenvalue weighted by Crippen LogP contribution is -2.49. The summed E-state index contributed by atoms with van der Waals surface area (Å²) in [5, 5.41) is 15.4. The first kappa shape index (κ1) is 38.3. The van der Waals surface area contributed by atoms with Crippen molar-refractivity contribution in [2.24, 2.45) is 0 Å². The zero-order valence-electron chi connectivity index (χ0n) is 30.9. The summed E-state index contributed by atoms with van der Waals surface area (Å²) in [6.07, 6.45) is 3.20. The fraction of sp³-hybridized carbons (Fsp3) is 0.409. The summed E-state index contributed by atoms with van der Waals surface area (Å²) in [4.78, 5) is 28.5. The maximum atomic E-state index is 12.4. The highest BCUT2D eigenvalue weighted by Crippen LogP contribution is 2.39. The molecule has 4 aromatic rings. The van der Waals surface area contributed by atoms with Gasteiger partial charge in [0.15, 0.2) is 6.29 Å². The summed E-state index contributed by atoms with van der Waals surface area (Å²) in [6.45, 7) is 8.58. The molecule has 0 bridgehead atoms. The smallest absolute Gasteiger partial charge is 0.220 e. The Morgan fingerprint density at radius 2 is 1.43 bits per heavy atom. The number of carbonyl (C=O) groups is 2. The molecular weight excluding hydrogens is 665 g/mol. The average Bonchev–Trinajstić information content (AvgIpc) is 3.19. The van der Waals surface area contributed by atoms with E-state index in [1.807, 2.05) is 24.3 Å². The Hall–Kier alpha value is -4.38. The largest absolute Gasteiger partial charge is 0.392 e. The molecule has 2 heterocycles. The molecule has 3 N–H and O–H groups in total. The number of piperazine rings is 1. The molecule has 9 nitrogen and oxygen atoms in total. The van der Waals surface area contributed by atoms with E-state index >= 15 is 0 Å². The molecule has 0 unspecified atom stereocenters. The van der Waals surface area contributed by atoms with Crippen molar-refractivity contribution in [3.8, 4) is 11.1 Å². The molecule has 0 spiro atoms. The number of hydrogen-bond donors (Lipinski definition) is 3. The number of nitrogens with one attached hydrogen (secondary N) is 2. The van der Waals surface area contributed by atoms with Gasteiger partial charge in [0.2, 0.25) is 11.8 Å². The molecule has 2 amide bonds. The summed E-state index contributed by atoms with van der Waals surface area (Å²) >= 11 is 0. The lowest BCUT2D eigenvalue weighted by molar-refractivity contribution is -0.253. The van der Waals surface area contributed by atoms with Crippen LogP contribution >= 0.6 is 0 Å². The van der Waals surface area contributed by atoms with Gasteiger partial charge in [0.25, 0.3) is 0 Å². The normalized spacial score (nSPS) is 19.5. The Bertz CT molecular complexity index is 1730. The highest BCUT2D eigenvalue weighted by Gasteiger charge is 2.34. The van der Waals surface area contributed by atoms with Crippen molar-refractivity contribution >= 4 is 11.8 Å². The Morgan fingerprint density at radius 1 is 0.717 bits per heavy atom. The van der Waals surface area contributed by atoms with E-state index < -0.39 is 6.29 Å². The predicted molar refractivity (Wildman–Crippen MR) is 207 cm³/mol. The van der Waals surface area contributed by atoms with Crippen LogP contribution in [0, 0.1) is 0 Å². The molecule has 2 fully saturated rings. The molecule has 280 valence electrons. The number of unbranched alkanes of at least 4 members (excludes halogenated alkanes) is 2. The molecule has 9 heteroatoms. The molecule has 4 aromatic carbocycles. The Balaban J connectivity index is 1.05. The minimum atomic E-state index is -0.503. The molecule has 0 aromatic heterocycles. The SMILES string of the molecule is CC(=O)NCCCCCC(=O)NCc1cccc(-c2ccc([C@@H]3O[C@H](CN4CCN(Cc5ccccc5)CC4)C[C@H](c4ccc(CO)cc4)O3)cc2)c1. The molecule has 0 saturated carbocycles. The van der Waals surface area contributed by atoms with E-state index in [9.17, 15) is 14.7 Å². The maximum absolute atomic E-state index is 12.4. The van der Waals surface area contributed by atoms with E-state index in [4.69, 9.17) is 9.47 Å². The fourth-order valence-corrected chi connectivity index (χ4v) is 7.13. The quantitative estimate of drug-likeness (QED) is 0.113. The van der Waals surface area contributed by atoms with Gasteiger partial charge in [-0.3, -0.25) is 19.4 Å². The first-order valence-electron chi connectivity index (χ1n) is 19.1. The van der Waals surface area contributed by atoms with Crippen LogP contribution in [0.2, 0.25) is 0 Å². The van der Waals surface area contributed by atoms with E-state index in [0.29, 0.717) is 19.5 Å². The van der Waals surface area contributed by atoms with Crippen LogP contribution in [0.3, 0.4) is 0 Å². The summed E-state index contributed by atoms with van der Waals surface area (Å²) in [7, 11) is 0. The van der Waals surface area contributed by atoms with Crippen molar-refractivity contribution < 1.29 is 24.2 Å². The van der Waals surface area contributed by atoms with Crippen LogP contribution in [-0.4, -0.2) is 72.1 Å². The number of hydrogen-bond acceptors (Lipinski definition) is 7. The highest BCUT2D eigenvalue weighted by atomic mass is 16.7. The summed E-state index contributed by atoms with van der Waals surface area (Å²) in [5.74, 6) is 0.0195. The van der Waals surface area contributed by atoms with E-state index in [-0.39, 0.29) is 30.6 Å². The first-order valence-corrected chi connectivity index (χ1v) is 19.1. The molecule has 2 saturated heterocycles. The van der Waals surface area contributed by atoms with Crippen LogP contribution in [-0.2, 0) is 38.8 Å². The number of ether oxygens (including phenoxy) is 2. The van der Waals surface area contributed by atoms with E-state index in [1.165, 1.54) is 12.5 Å². The minimum absolute atomic E-state index is 0.00671. The van der Waals surface area contributed by atoms with Gasteiger partial charge in [-0.15, -0.1) is 0 Å². The van der Waals surface area contributed by atoms with Gasteiger partial charge in [0.1, 0.15) is 0 Å². The van der Waals surface area contributed by atoms with Gasteiger partial charge in [0.05, 0.1) is 18.8 Å². The second kappa shape index (κ2) is 19.6. The molecule has 6 rings (SSSR count). The van der Waals surface area contributed by atoms with Gasteiger partial charge in [-0.25, -0.2) is 0 Å². The van der Waals surface area contributed by atoms with Crippen molar-refractivity contribution in [2.45, 2.75) is 77.2 Å². The molecule has 0 radical (unpaired) electrons. The second-order valence-electron chi connectivity index (χ2n) is 14.3. The van der Waals surface area contributed by atoms with Crippen molar-refractivity contribution in [2.75, 3.05) is 39.3 Å². The third-order valence-electron chi connectivity index (χ3n) is 10.2. The molecular formula is C44H54N4O5. The predicted octanol–water partition coefficient (Wildman–Crippen LogP) is 6.52. The maximum Gasteiger partial charge on any atom is 0.220 e. The van der Waals surface area contributed by atoms with Gasteiger partial charge in [-0.2, -0.15) is 0 Å². The zero-order valence-corrected chi connectivity index (χ0v) is 30.9. The average molecular weight is 719 g/mol. The summed E-state index contributed by atoms with van der Waals surface area (Å²) in [5.41, 5.74) is 7.52. The third-order valence-corrected chi connectivity index (χ3v) is 10.2. The van der Waals surface area contributed by atoms with E-state index in [2.05, 4.69) is 99.3 Å². The number of benzene rings is 4. The van der Waals surface area contributed by atoms with E-state index in [0.717, 1.165) is 98.3 Å². The number of rotatable bonds is 16. The second-order valence-corrected chi connectivity index (χ2v) is 14.3. The number of nitrogens with zero attached hydrogens (tertiary/aromatic N) is 2. The van der Waals surface area contributed by atoms with Crippen LogP contribution in [0.15, 0.2) is 103 Å². The van der Waals surface area contributed by atoms with Gasteiger partial charge in [-0.05, 0) is 52.3 Å². The van der Waals surface area contributed by atoms with Gasteiger partial charge in [-0.1, -0.05) is 103 Å². The van der Waals surface area contributed by atoms with Crippen molar-refractivity contribution in [3.05, 3.63) is 131 Å². The third kappa shape index (κ3) is 11.8. The zero-order chi connectivity index (χ0) is 36.8.